The van der Waals surface area contributed by atoms with Crippen molar-refractivity contribution in [3.05, 3.63) is 0 Å². The molecule has 0 saturated carbocycles. The van der Waals surface area contributed by atoms with Crippen molar-refractivity contribution in [2.75, 3.05) is 20.3 Å². The third-order valence-electron chi connectivity index (χ3n) is 4.21. The maximum Gasteiger partial charge on any atom is 0.410 e. The topological polar surface area (TPSA) is 123 Å². The van der Waals surface area contributed by atoms with Gasteiger partial charge in [-0.05, 0) is 54.9 Å². The standard InChI is InChI=1S/C20H40N3O7P/c1-10-13-16(23(9)19(26)30-20(6,7)8)18(25)21-14(4)17(24)22-15(5)31(27,28-11-2)29-12-3/h14-16H,10-13H2,1-9H3,(H,21,25)(H,22,24)/t14-,15?,16-/m0/s1. The van der Waals surface area contributed by atoms with E-state index in [0.717, 1.165) is 0 Å². The maximum atomic E-state index is 12.8. The highest BCUT2D eigenvalue weighted by molar-refractivity contribution is 7.54. The van der Waals surface area contributed by atoms with E-state index in [4.69, 9.17) is 13.8 Å². The van der Waals surface area contributed by atoms with E-state index in [0.29, 0.717) is 12.8 Å². The number of carbonyl (C=O) groups is 3. The number of amides is 3. The van der Waals surface area contributed by atoms with Crippen molar-refractivity contribution < 1.29 is 32.7 Å². The molecule has 0 aromatic heterocycles. The summed E-state index contributed by atoms with van der Waals surface area (Å²) in [6.07, 6.45) is 0.423. The summed E-state index contributed by atoms with van der Waals surface area (Å²) in [4.78, 5) is 39.0. The summed E-state index contributed by atoms with van der Waals surface area (Å²) in [5.41, 5.74) is -0.697. The van der Waals surface area contributed by atoms with Crippen LogP contribution in [-0.4, -0.2) is 66.5 Å². The molecule has 0 aromatic carbocycles. The SMILES string of the molecule is CCC[C@@H](C(=O)N[C@@H](C)C(=O)NC(C)P(=O)(OCC)OCC)N(C)C(=O)OC(C)(C)C. The van der Waals surface area contributed by atoms with E-state index in [9.17, 15) is 18.9 Å². The van der Waals surface area contributed by atoms with E-state index in [1.165, 1.54) is 25.8 Å². The first-order chi connectivity index (χ1) is 14.2. The van der Waals surface area contributed by atoms with Crippen LogP contribution in [0.3, 0.4) is 0 Å². The second-order valence-electron chi connectivity index (χ2n) is 8.19. The van der Waals surface area contributed by atoms with Crippen molar-refractivity contribution in [3.63, 3.8) is 0 Å². The maximum absolute atomic E-state index is 12.8. The second-order valence-corrected chi connectivity index (χ2v) is 10.6. The van der Waals surface area contributed by atoms with Crippen molar-refractivity contribution in [2.24, 2.45) is 0 Å². The van der Waals surface area contributed by atoms with Gasteiger partial charge in [-0.1, -0.05) is 13.3 Å². The summed E-state index contributed by atoms with van der Waals surface area (Å²) in [5.74, 6) is -1.92. The Morgan fingerprint density at radius 3 is 1.90 bits per heavy atom. The lowest BCUT2D eigenvalue weighted by atomic mass is 10.1. The first-order valence-corrected chi connectivity index (χ1v) is 12.3. The predicted molar refractivity (Wildman–Crippen MR) is 119 cm³/mol. The number of hydrogen-bond acceptors (Lipinski definition) is 7. The van der Waals surface area contributed by atoms with E-state index < -0.39 is 49.0 Å². The molecule has 10 nitrogen and oxygen atoms in total. The fourth-order valence-corrected chi connectivity index (χ4v) is 4.17. The summed E-state index contributed by atoms with van der Waals surface area (Å²) in [5, 5.41) is 5.19. The van der Waals surface area contributed by atoms with Crippen LogP contribution in [0.1, 0.15) is 68.2 Å². The van der Waals surface area contributed by atoms with Gasteiger partial charge in [0.25, 0.3) is 0 Å². The summed E-state index contributed by atoms with van der Waals surface area (Å²) < 4.78 is 28.6. The largest absolute Gasteiger partial charge is 0.444 e. The molecule has 0 fully saturated rings. The number of hydrogen-bond donors (Lipinski definition) is 2. The molecular weight excluding hydrogens is 425 g/mol. The molecule has 2 N–H and O–H groups in total. The Labute approximate surface area is 186 Å². The zero-order chi connectivity index (χ0) is 24.4. The Kier molecular flexibility index (Phi) is 12.3. The van der Waals surface area contributed by atoms with Crippen LogP contribution in [0.2, 0.25) is 0 Å². The molecule has 3 atom stereocenters. The van der Waals surface area contributed by atoms with E-state index in [1.54, 1.807) is 34.6 Å². The minimum absolute atomic E-state index is 0.166. The van der Waals surface area contributed by atoms with Crippen LogP contribution in [-0.2, 0) is 27.9 Å². The van der Waals surface area contributed by atoms with Gasteiger partial charge in [0, 0.05) is 7.05 Å². The van der Waals surface area contributed by atoms with Gasteiger partial charge in [-0.15, -0.1) is 0 Å². The second kappa shape index (κ2) is 13.0. The lowest BCUT2D eigenvalue weighted by Gasteiger charge is -2.31. The van der Waals surface area contributed by atoms with Crippen LogP contribution in [0, 0.1) is 0 Å². The van der Waals surface area contributed by atoms with Gasteiger partial charge in [-0.2, -0.15) is 0 Å². The highest BCUT2D eigenvalue weighted by Crippen LogP contribution is 2.51. The van der Waals surface area contributed by atoms with Crippen LogP contribution in [0.4, 0.5) is 4.79 Å². The third-order valence-corrected chi connectivity index (χ3v) is 6.52. The van der Waals surface area contributed by atoms with Gasteiger partial charge in [-0.3, -0.25) is 19.1 Å². The fourth-order valence-electron chi connectivity index (χ4n) is 2.64. The molecule has 0 rings (SSSR count). The number of rotatable bonds is 12. The lowest BCUT2D eigenvalue weighted by Crippen LogP contribution is -2.54. The number of likely N-dealkylation sites (N-methyl/N-ethyl adjacent to an activating group) is 1. The summed E-state index contributed by atoms with van der Waals surface area (Å²) >= 11 is 0. The lowest BCUT2D eigenvalue weighted by molar-refractivity contribution is -0.131. The zero-order valence-electron chi connectivity index (χ0n) is 20.3. The van der Waals surface area contributed by atoms with E-state index in [1.807, 2.05) is 6.92 Å². The van der Waals surface area contributed by atoms with Gasteiger partial charge >= 0.3 is 13.7 Å². The third kappa shape index (κ3) is 10.0. The molecule has 11 heteroatoms. The molecule has 0 aliphatic heterocycles. The molecule has 0 aromatic rings. The molecule has 1 unspecified atom stereocenters. The number of nitrogens with zero attached hydrogens (tertiary/aromatic N) is 1. The molecule has 0 radical (unpaired) electrons. The quantitative estimate of drug-likeness (QED) is 0.424. The van der Waals surface area contributed by atoms with E-state index in [2.05, 4.69) is 10.6 Å². The normalized spacial score (nSPS) is 14.9. The molecule has 31 heavy (non-hydrogen) atoms. The Balaban J connectivity index is 5.17. The van der Waals surface area contributed by atoms with Crippen LogP contribution >= 0.6 is 7.60 Å². The van der Waals surface area contributed by atoms with Crippen molar-refractivity contribution in [3.8, 4) is 0 Å². The Morgan fingerprint density at radius 1 is 0.968 bits per heavy atom. The monoisotopic (exact) mass is 465 g/mol. The molecule has 182 valence electrons. The van der Waals surface area contributed by atoms with Gasteiger partial charge in [0.2, 0.25) is 11.8 Å². The van der Waals surface area contributed by atoms with E-state index >= 15 is 0 Å². The van der Waals surface area contributed by atoms with Gasteiger partial charge in [0.1, 0.15) is 23.5 Å². The molecule has 0 bridgehead atoms. The summed E-state index contributed by atoms with van der Waals surface area (Å²) in [6.45, 7) is 13.8. The molecule has 3 amide bonds. The Hall–Kier alpha value is -1.64. The van der Waals surface area contributed by atoms with Crippen LogP contribution in [0.25, 0.3) is 0 Å². The molecule has 0 spiro atoms. The van der Waals surface area contributed by atoms with Crippen molar-refractivity contribution in [1.82, 2.24) is 15.5 Å². The fraction of sp³-hybridized carbons (Fsp3) is 0.850. The highest BCUT2D eigenvalue weighted by Gasteiger charge is 2.35. The van der Waals surface area contributed by atoms with Gasteiger partial charge in [0.05, 0.1) is 13.2 Å². The first-order valence-electron chi connectivity index (χ1n) is 10.7. The Bertz CT molecular complexity index is 641. The number of ether oxygens (including phenoxy) is 1. The summed E-state index contributed by atoms with van der Waals surface area (Å²) in [7, 11) is -2.04. The van der Waals surface area contributed by atoms with E-state index in [-0.39, 0.29) is 13.2 Å². The smallest absolute Gasteiger partial charge is 0.410 e. The predicted octanol–water partition coefficient (Wildman–Crippen LogP) is 3.26. The molecular formula is C20H40N3O7P. The number of nitrogens with one attached hydrogen (secondary N) is 2. The van der Waals surface area contributed by atoms with Gasteiger partial charge in [0.15, 0.2) is 0 Å². The van der Waals surface area contributed by atoms with Crippen LogP contribution in [0.5, 0.6) is 0 Å². The zero-order valence-corrected chi connectivity index (χ0v) is 21.2. The molecule has 0 aliphatic carbocycles. The van der Waals surface area contributed by atoms with Crippen LogP contribution < -0.4 is 10.6 Å². The average molecular weight is 466 g/mol. The van der Waals surface area contributed by atoms with Gasteiger partial charge < -0.3 is 24.4 Å². The molecule has 0 saturated heterocycles. The highest BCUT2D eigenvalue weighted by atomic mass is 31.2. The van der Waals surface area contributed by atoms with Crippen molar-refractivity contribution >= 4 is 25.5 Å². The Morgan fingerprint density at radius 2 is 1.48 bits per heavy atom. The minimum Gasteiger partial charge on any atom is -0.444 e. The van der Waals surface area contributed by atoms with Crippen molar-refractivity contribution in [1.29, 1.82) is 0 Å². The molecule has 0 aliphatic rings. The van der Waals surface area contributed by atoms with Crippen molar-refractivity contribution in [2.45, 2.75) is 91.7 Å². The minimum atomic E-state index is -3.53. The number of carbonyl (C=O) groups excluding carboxylic acids is 3. The summed E-state index contributed by atoms with van der Waals surface area (Å²) in [6, 6.07) is -1.73. The first kappa shape index (κ1) is 29.4. The average Bonchev–Trinajstić information content (AvgIpc) is 2.64. The van der Waals surface area contributed by atoms with Gasteiger partial charge in [-0.25, -0.2) is 4.79 Å². The molecule has 0 heterocycles. The van der Waals surface area contributed by atoms with Crippen LogP contribution in [0.15, 0.2) is 0 Å².